The molecule has 2 heteroatoms. The van der Waals surface area contributed by atoms with Crippen LogP contribution in [0.3, 0.4) is 0 Å². The number of likely N-dealkylation sites (tertiary alicyclic amines) is 1. The topological polar surface area (TPSA) is 29.3 Å². The van der Waals surface area contributed by atoms with E-state index in [9.17, 15) is 0 Å². The van der Waals surface area contributed by atoms with Crippen LogP contribution < -0.4 is 5.73 Å². The quantitative estimate of drug-likeness (QED) is 0.866. The van der Waals surface area contributed by atoms with E-state index in [1.54, 1.807) is 11.1 Å². The Labute approximate surface area is 110 Å². The van der Waals surface area contributed by atoms with Crippen molar-refractivity contribution >= 4 is 0 Å². The SMILES string of the molecule is CC1CCC(N2CCCC2CN)c2ccccc21. The first-order chi connectivity index (χ1) is 8.81. The van der Waals surface area contributed by atoms with Crippen LogP contribution in [0, 0.1) is 0 Å². The molecular formula is C16H24N2. The second-order valence-corrected chi connectivity index (χ2v) is 5.89. The summed E-state index contributed by atoms with van der Waals surface area (Å²) < 4.78 is 0. The average molecular weight is 244 g/mol. The molecule has 2 aliphatic rings. The van der Waals surface area contributed by atoms with Crippen molar-refractivity contribution < 1.29 is 0 Å². The minimum absolute atomic E-state index is 0.608. The lowest BCUT2D eigenvalue weighted by atomic mass is 9.80. The standard InChI is InChI=1S/C16H24N2/c1-12-8-9-16(15-7-3-2-6-14(12)15)18-10-4-5-13(18)11-17/h2-3,6-7,12-13,16H,4-5,8-11,17H2,1H3. The highest BCUT2D eigenvalue weighted by Crippen LogP contribution is 2.42. The number of fused-ring (bicyclic) bond motifs is 1. The van der Waals surface area contributed by atoms with E-state index in [4.69, 9.17) is 5.73 Å². The summed E-state index contributed by atoms with van der Waals surface area (Å²) in [5.74, 6) is 0.719. The van der Waals surface area contributed by atoms with E-state index in [2.05, 4.69) is 36.1 Å². The summed E-state index contributed by atoms with van der Waals surface area (Å²) in [6.07, 6.45) is 5.21. The third kappa shape index (κ3) is 1.98. The van der Waals surface area contributed by atoms with E-state index >= 15 is 0 Å². The van der Waals surface area contributed by atoms with Gasteiger partial charge in [0, 0.05) is 18.6 Å². The first-order valence-electron chi connectivity index (χ1n) is 7.36. The Hall–Kier alpha value is -0.860. The van der Waals surface area contributed by atoms with Crippen molar-refractivity contribution in [1.82, 2.24) is 4.90 Å². The predicted octanol–water partition coefficient (Wildman–Crippen LogP) is 3.05. The van der Waals surface area contributed by atoms with Crippen molar-refractivity contribution in [2.45, 2.75) is 50.6 Å². The molecule has 0 spiro atoms. The fraction of sp³-hybridized carbons (Fsp3) is 0.625. The fourth-order valence-corrected chi connectivity index (χ4v) is 3.85. The maximum absolute atomic E-state index is 5.94. The Kier molecular flexibility index (Phi) is 3.40. The summed E-state index contributed by atoms with van der Waals surface area (Å²) in [5.41, 5.74) is 9.07. The molecule has 0 radical (unpaired) electrons. The molecule has 0 amide bonds. The predicted molar refractivity (Wildman–Crippen MR) is 75.6 cm³/mol. The van der Waals surface area contributed by atoms with Gasteiger partial charge in [-0.15, -0.1) is 0 Å². The monoisotopic (exact) mass is 244 g/mol. The highest BCUT2D eigenvalue weighted by atomic mass is 15.2. The van der Waals surface area contributed by atoms with Crippen LogP contribution in [0.25, 0.3) is 0 Å². The Balaban J connectivity index is 1.92. The maximum atomic E-state index is 5.94. The van der Waals surface area contributed by atoms with Gasteiger partial charge in [0.25, 0.3) is 0 Å². The lowest BCUT2D eigenvalue weighted by molar-refractivity contribution is 0.162. The van der Waals surface area contributed by atoms with E-state index in [-0.39, 0.29) is 0 Å². The molecule has 2 nitrogen and oxygen atoms in total. The van der Waals surface area contributed by atoms with Gasteiger partial charge in [-0.2, -0.15) is 0 Å². The van der Waals surface area contributed by atoms with Crippen molar-refractivity contribution in [1.29, 1.82) is 0 Å². The minimum atomic E-state index is 0.608. The molecule has 1 aromatic carbocycles. The van der Waals surface area contributed by atoms with Crippen LogP contribution in [0.5, 0.6) is 0 Å². The van der Waals surface area contributed by atoms with E-state index in [1.165, 1.54) is 32.2 Å². The number of nitrogens with two attached hydrogens (primary N) is 1. The van der Waals surface area contributed by atoms with Gasteiger partial charge in [-0.3, -0.25) is 4.90 Å². The molecule has 2 N–H and O–H groups in total. The number of nitrogens with zero attached hydrogens (tertiary/aromatic N) is 1. The van der Waals surface area contributed by atoms with Gasteiger partial charge < -0.3 is 5.73 Å². The highest BCUT2D eigenvalue weighted by Gasteiger charge is 2.34. The van der Waals surface area contributed by atoms with Crippen LogP contribution in [-0.2, 0) is 0 Å². The van der Waals surface area contributed by atoms with Crippen molar-refractivity contribution in [3.63, 3.8) is 0 Å². The molecule has 0 bridgehead atoms. The smallest absolute Gasteiger partial charge is 0.0354 e. The molecule has 3 unspecified atom stereocenters. The van der Waals surface area contributed by atoms with Crippen LogP contribution >= 0.6 is 0 Å². The number of hydrogen-bond acceptors (Lipinski definition) is 2. The molecule has 3 rings (SSSR count). The molecule has 1 aliphatic heterocycles. The van der Waals surface area contributed by atoms with Crippen molar-refractivity contribution in [3.05, 3.63) is 35.4 Å². The van der Waals surface area contributed by atoms with E-state index in [1.807, 2.05) is 0 Å². The summed E-state index contributed by atoms with van der Waals surface area (Å²) in [6, 6.07) is 10.3. The number of benzene rings is 1. The van der Waals surface area contributed by atoms with E-state index in [0.29, 0.717) is 12.1 Å². The summed E-state index contributed by atoms with van der Waals surface area (Å²) >= 11 is 0. The summed E-state index contributed by atoms with van der Waals surface area (Å²) in [5, 5.41) is 0. The van der Waals surface area contributed by atoms with Crippen molar-refractivity contribution in [2.75, 3.05) is 13.1 Å². The van der Waals surface area contributed by atoms with Gasteiger partial charge in [-0.1, -0.05) is 31.2 Å². The fourth-order valence-electron chi connectivity index (χ4n) is 3.85. The molecule has 18 heavy (non-hydrogen) atoms. The Morgan fingerprint density at radius 2 is 1.94 bits per heavy atom. The molecule has 1 heterocycles. The van der Waals surface area contributed by atoms with Crippen LogP contribution in [0.4, 0.5) is 0 Å². The van der Waals surface area contributed by atoms with Crippen LogP contribution in [0.15, 0.2) is 24.3 Å². The molecule has 0 aromatic heterocycles. The van der Waals surface area contributed by atoms with Crippen LogP contribution in [0.2, 0.25) is 0 Å². The zero-order valence-corrected chi connectivity index (χ0v) is 11.3. The van der Waals surface area contributed by atoms with Gasteiger partial charge >= 0.3 is 0 Å². The normalized spacial score (nSPS) is 32.4. The van der Waals surface area contributed by atoms with Crippen molar-refractivity contribution in [2.24, 2.45) is 5.73 Å². The lowest BCUT2D eigenvalue weighted by Gasteiger charge is -2.38. The molecule has 1 fully saturated rings. The third-order valence-corrected chi connectivity index (χ3v) is 4.85. The summed E-state index contributed by atoms with van der Waals surface area (Å²) in [7, 11) is 0. The number of rotatable bonds is 2. The molecular weight excluding hydrogens is 220 g/mol. The van der Waals surface area contributed by atoms with Gasteiger partial charge in [0.05, 0.1) is 0 Å². The van der Waals surface area contributed by atoms with Gasteiger partial charge in [0.1, 0.15) is 0 Å². The second-order valence-electron chi connectivity index (χ2n) is 5.89. The van der Waals surface area contributed by atoms with Gasteiger partial charge in [0.15, 0.2) is 0 Å². The Morgan fingerprint density at radius 1 is 1.17 bits per heavy atom. The van der Waals surface area contributed by atoms with Crippen molar-refractivity contribution in [3.8, 4) is 0 Å². The highest BCUT2D eigenvalue weighted by molar-refractivity contribution is 5.35. The summed E-state index contributed by atoms with van der Waals surface area (Å²) in [6.45, 7) is 4.41. The zero-order chi connectivity index (χ0) is 12.5. The molecule has 1 aliphatic carbocycles. The van der Waals surface area contributed by atoms with Crippen LogP contribution in [0.1, 0.15) is 55.7 Å². The minimum Gasteiger partial charge on any atom is -0.329 e. The van der Waals surface area contributed by atoms with E-state index < -0.39 is 0 Å². The summed E-state index contributed by atoms with van der Waals surface area (Å²) in [4.78, 5) is 2.67. The van der Waals surface area contributed by atoms with Crippen LogP contribution in [-0.4, -0.2) is 24.0 Å². The molecule has 98 valence electrons. The number of hydrogen-bond donors (Lipinski definition) is 1. The lowest BCUT2D eigenvalue weighted by Crippen LogP contribution is -2.39. The second kappa shape index (κ2) is 5.02. The third-order valence-electron chi connectivity index (χ3n) is 4.85. The zero-order valence-electron chi connectivity index (χ0n) is 11.3. The Morgan fingerprint density at radius 3 is 2.72 bits per heavy atom. The Bertz CT molecular complexity index is 415. The van der Waals surface area contributed by atoms with Gasteiger partial charge in [-0.05, 0) is 49.3 Å². The largest absolute Gasteiger partial charge is 0.329 e. The molecule has 3 atom stereocenters. The van der Waals surface area contributed by atoms with Gasteiger partial charge in [0.2, 0.25) is 0 Å². The molecule has 1 aromatic rings. The molecule has 1 saturated heterocycles. The van der Waals surface area contributed by atoms with Gasteiger partial charge in [-0.25, -0.2) is 0 Å². The van der Waals surface area contributed by atoms with E-state index in [0.717, 1.165) is 12.5 Å². The maximum Gasteiger partial charge on any atom is 0.0354 e. The average Bonchev–Trinajstić information content (AvgIpc) is 2.88. The molecule has 0 saturated carbocycles. The first-order valence-corrected chi connectivity index (χ1v) is 7.36. The first kappa shape index (κ1) is 12.2.